The number of rotatable bonds is 4. The second-order valence-electron chi connectivity index (χ2n) is 5.29. The summed E-state index contributed by atoms with van der Waals surface area (Å²) >= 11 is 0. The zero-order valence-electron chi connectivity index (χ0n) is 15.8. The first-order valence-corrected chi connectivity index (χ1v) is 9.61. The van der Waals surface area contributed by atoms with Gasteiger partial charge in [0, 0.05) is 26.2 Å². The summed E-state index contributed by atoms with van der Waals surface area (Å²) in [6.07, 6.45) is 2.24. The van der Waals surface area contributed by atoms with Gasteiger partial charge in [0.15, 0.2) is 0 Å². The quantitative estimate of drug-likeness (QED) is 0.380. The van der Waals surface area contributed by atoms with Crippen molar-refractivity contribution in [3.05, 3.63) is 24.3 Å². The Labute approximate surface area is 167 Å². The molecule has 0 aliphatic rings. The maximum Gasteiger partial charge on any atom is 0.387 e. The van der Waals surface area contributed by atoms with Gasteiger partial charge in [-0.05, 0) is 40.0 Å². The average molecular weight is 445 g/mol. The molecule has 1 rings (SSSR count). The molecule has 1 aromatic carbocycles. The van der Waals surface area contributed by atoms with Gasteiger partial charge in [0.1, 0.15) is 0 Å². The van der Waals surface area contributed by atoms with Crippen molar-refractivity contribution in [3.63, 3.8) is 0 Å². The van der Waals surface area contributed by atoms with Gasteiger partial charge >= 0.3 is 9.46 Å². The Morgan fingerprint density at radius 3 is 1.08 bits per heavy atom. The van der Waals surface area contributed by atoms with Crippen LogP contribution in [0.15, 0.2) is 24.3 Å². The van der Waals surface area contributed by atoms with E-state index in [9.17, 15) is 8.22 Å². The monoisotopic (exact) mass is 443 g/mol. The van der Waals surface area contributed by atoms with E-state index in [0.29, 0.717) is 0 Å². The van der Waals surface area contributed by atoms with Crippen LogP contribution in [0.25, 0.3) is 0 Å². The van der Waals surface area contributed by atoms with Crippen LogP contribution in [0.3, 0.4) is 0 Å². The van der Waals surface area contributed by atoms with Gasteiger partial charge < -0.3 is 15.3 Å². The van der Waals surface area contributed by atoms with Gasteiger partial charge in [0.25, 0.3) is 0 Å². The first-order valence-electron chi connectivity index (χ1n) is 8.16. The molecule has 0 heterocycles. The fraction of sp³-hybridized carbons (Fsp3) is 0.706. The number of hydrogen-bond acceptors (Lipinski definition) is 3. The molecule has 0 saturated carbocycles. The maximum atomic E-state index is 11.7. The van der Waals surface area contributed by atoms with Crippen molar-refractivity contribution in [3.8, 4) is 0 Å². The van der Waals surface area contributed by atoms with Crippen molar-refractivity contribution in [2.75, 3.05) is 0 Å². The summed E-state index contributed by atoms with van der Waals surface area (Å²) in [6, 6.07) is 6.21. The Bertz CT molecular complexity index is 290. The summed E-state index contributed by atoms with van der Waals surface area (Å²) in [4.78, 5) is 0. The summed E-state index contributed by atoms with van der Waals surface area (Å²) in [5, 5.41) is 25.3. The van der Waals surface area contributed by atoms with Gasteiger partial charge in [0.05, 0.1) is 18.3 Å². The Morgan fingerprint density at radius 1 is 0.792 bits per heavy atom. The van der Waals surface area contributed by atoms with Crippen molar-refractivity contribution in [1.29, 1.82) is 0 Å². The molecule has 0 spiro atoms. The van der Waals surface area contributed by atoms with E-state index >= 15 is 0 Å². The minimum atomic E-state index is -3.48. The Hall–Kier alpha value is 0.190. The largest absolute Gasteiger partial charge is 0.393 e. The summed E-state index contributed by atoms with van der Waals surface area (Å²) in [6.45, 7) is 11.2. The fourth-order valence-electron chi connectivity index (χ4n) is 0.534. The van der Waals surface area contributed by atoms with E-state index in [1.165, 1.54) is 12.1 Å². The number of aliphatic hydroxyl groups is 3. The zero-order valence-corrected chi connectivity index (χ0v) is 19.5. The smallest absolute Gasteiger partial charge is 0.387 e. The van der Waals surface area contributed by atoms with E-state index in [4.69, 9.17) is 15.3 Å². The van der Waals surface area contributed by atoms with E-state index in [1.807, 2.05) is 20.8 Å². The van der Waals surface area contributed by atoms with Crippen molar-refractivity contribution in [2.24, 2.45) is 0 Å². The van der Waals surface area contributed by atoms with Crippen LogP contribution in [-0.2, 0) is 26.2 Å². The first kappa shape index (κ1) is 31.9. The molecule has 3 unspecified atom stereocenters. The van der Waals surface area contributed by atoms with E-state index in [0.717, 1.165) is 19.3 Å². The molecule has 0 amide bonds. The molecule has 0 radical (unpaired) electrons. The second kappa shape index (κ2) is 23.2. The average Bonchev–Trinajstić information content (AvgIpc) is 3.03. The van der Waals surface area contributed by atoms with Crippen LogP contribution in [-0.4, -0.2) is 43.1 Å². The van der Waals surface area contributed by atoms with Crippen LogP contribution in [0.2, 0.25) is 0 Å². The molecule has 24 heavy (non-hydrogen) atoms. The third kappa shape index (κ3) is 33.7. The van der Waals surface area contributed by atoms with E-state index in [1.54, 1.807) is 32.9 Å². The van der Waals surface area contributed by atoms with Crippen LogP contribution in [0, 0.1) is 0 Å². The SMILES string of the molecule is CCC(C)O.CCC(C)O.CCC(C)O.F[SiH](F)[c-]1cccc1.[Zr]. The number of aliphatic hydroxyl groups excluding tert-OH is 3. The molecule has 144 valence electrons. The standard InChI is InChI=1S/C5H5F2Si.3C4H10O.Zr/c6-8(7)5-3-1-2-4-5;3*1-3-4(2)5;/h1-4,8H;3*4-5H,3H2,1-2H3;/q-1;;;;. The summed E-state index contributed by atoms with van der Waals surface area (Å²) < 4.78 is 23.5. The molecule has 3 atom stereocenters. The van der Waals surface area contributed by atoms with Crippen molar-refractivity contribution < 1.29 is 49.7 Å². The van der Waals surface area contributed by atoms with E-state index in [-0.39, 0.29) is 49.7 Å². The molecule has 0 fully saturated rings. The van der Waals surface area contributed by atoms with Gasteiger partial charge in [-0.3, -0.25) is 8.22 Å². The van der Waals surface area contributed by atoms with Gasteiger partial charge in [0.2, 0.25) is 0 Å². The molecule has 1 aromatic rings. The Morgan fingerprint density at radius 2 is 1.00 bits per heavy atom. The van der Waals surface area contributed by atoms with Crippen molar-refractivity contribution in [1.82, 2.24) is 0 Å². The van der Waals surface area contributed by atoms with Crippen LogP contribution in [0.4, 0.5) is 8.22 Å². The zero-order chi connectivity index (χ0) is 18.8. The van der Waals surface area contributed by atoms with Crippen LogP contribution >= 0.6 is 0 Å². The normalized spacial score (nSPS) is 12.8. The van der Waals surface area contributed by atoms with E-state index in [2.05, 4.69) is 0 Å². The number of halogens is 2. The van der Waals surface area contributed by atoms with Crippen LogP contribution in [0.1, 0.15) is 60.8 Å². The summed E-state index contributed by atoms with van der Waals surface area (Å²) in [5.41, 5.74) is 0. The second-order valence-corrected chi connectivity index (χ2v) is 6.56. The Balaban J connectivity index is -0.000000113. The molecule has 3 N–H and O–H groups in total. The van der Waals surface area contributed by atoms with Gasteiger partial charge in [-0.25, -0.2) is 12.1 Å². The Kier molecular flexibility index (Phi) is 30.8. The van der Waals surface area contributed by atoms with Crippen molar-refractivity contribution >= 4 is 14.7 Å². The summed E-state index contributed by atoms with van der Waals surface area (Å²) in [5.74, 6) is 0. The predicted octanol–water partition coefficient (Wildman–Crippen LogP) is 3.10. The molecule has 3 nitrogen and oxygen atoms in total. The van der Waals surface area contributed by atoms with E-state index < -0.39 is 9.46 Å². The van der Waals surface area contributed by atoms with Crippen molar-refractivity contribution in [2.45, 2.75) is 79.1 Å². The molecule has 0 bridgehead atoms. The third-order valence-electron chi connectivity index (χ3n) is 2.71. The van der Waals surface area contributed by atoms with Gasteiger partial charge in [-0.15, -0.1) is 5.19 Å². The maximum absolute atomic E-state index is 11.7. The first-order chi connectivity index (χ1) is 10.6. The molecule has 0 aliphatic carbocycles. The third-order valence-corrected chi connectivity index (χ3v) is 3.60. The van der Waals surface area contributed by atoms with Crippen LogP contribution in [0.5, 0.6) is 0 Å². The number of hydrogen-bond donors (Lipinski definition) is 3. The molecular formula is C17H35F2O3SiZr-. The molecule has 0 aromatic heterocycles. The predicted molar refractivity (Wildman–Crippen MR) is 96.9 cm³/mol. The topological polar surface area (TPSA) is 60.7 Å². The molecular weight excluding hydrogens is 409 g/mol. The van der Waals surface area contributed by atoms with Gasteiger partial charge in [-0.2, -0.15) is 12.1 Å². The van der Waals surface area contributed by atoms with Crippen LogP contribution < -0.4 is 5.19 Å². The molecule has 0 saturated heterocycles. The minimum Gasteiger partial charge on any atom is -0.393 e. The minimum absolute atomic E-state index is 0. The summed E-state index contributed by atoms with van der Waals surface area (Å²) in [7, 11) is -3.48. The molecule has 7 heteroatoms. The molecule has 0 aliphatic heterocycles. The fourth-order valence-corrected chi connectivity index (χ4v) is 1.05. The van der Waals surface area contributed by atoms with Gasteiger partial charge in [-0.1, -0.05) is 20.8 Å².